The molecule has 0 atom stereocenters. The topological polar surface area (TPSA) is 76.1 Å². The smallest absolute Gasteiger partial charge is 0.270 e. The van der Waals surface area contributed by atoms with Gasteiger partial charge >= 0.3 is 0 Å². The van der Waals surface area contributed by atoms with E-state index in [-0.39, 0.29) is 5.91 Å². The minimum absolute atomic E-state index is 0.262. The van der Waals surface area contributed by atoms with Crippen LogP contribution in [-0.4, -0.2) is 23.0 Å². The number of hydrogen-bond donors (Lipinski definition) is 2. The zero-order valence-corrected chi connectivity index (χ0v) is 15.4. The van der Waals surface area contributed by atoms with Crippen LogP contribution in [0.1, 0.15) is 27.2 Å². The summed E-state index contributed by atoms with van der Waals surface area (Å²) < 4.78 is 5.30. The Balaban J connectivity index is 1.60. The van der Waals surface area contributed by atoms with E-state index in [9.17, 15) is 4.79 Å². The molecule has 0 aliphatic heterocycles. The second-order valence-corrected chi connectivity index (χ2v) is 6.12. The lowest BCUT2D eigenvalue weighted by Gasteiger charge is -2.10. The predicted molar refractivity (Wildman–Crippen MR) is 105 cm³/mol. The van der Waals surface area contributed by atoms with Crippen molar-refractivity contribution in [3.63, 3.8) is 0 Å². The van der Waals surface area contributed by atoms with Crippen molar-refractivity contribution < 1.29 is 9.53 Å². The fourth-order valence-corrected chi connectivity index (χ4v) is 2.59. The fraction of sp³-hybridized carbons (Fsp3) is 0.190. The molecule has 6 nitrogen and oxygen atoms in total. The molecule has 1 amide bonds. The van der Waals surface area contributed by atoms with Gasteiger partial charge in [0.05, 0.1) is 7.11 Å². The third-order valence-electron chi connectivity index (χ3n) is 4.13. The summed E-state index contributed by atoms with van der Waals surface area (Å²) in [5.74, 6) is 1.08. The number of methoxy groups -OCH3 is 1. The zero-order valence-electron chi connectivity index (χ0n) is 15.4. The first-order valence-electron chi connectivity index (χ1n) is 8.67. The number of amides is 1. The summed E-state index contributed by atoms with van der Waals surface area (Å²) in [4.78, 5) is 20.7. The summed E-state index contributed by atoms with van der Waals surface area (Å²) in [7, 11) is 1.61. The van der Waals surface area contributed by atoms with Gasteiger partial charge in [0.1, 0.15) is 23.6 Å². The molecule has 0 saturated carbocycles. The molecule has 3 aromatic rings. The fourth-order valence-electron chi connectivity index (χ4n) is 2.59. The maximum absolute atomic E-state index is 12.4. The van der Waals surface area contributed by atoms with Crippen LogP contribution >= 0.6 is 0 Å². The van der Waals surface area contributed by atoms with Gasteiger partial charge in [0.15, 0.2) is 0 Å². The molecule has 2 N–H and O–H groups in total. The molecular weight excluding hydrogens is 340 g/mol. The van der Waals surface area contributed by atoms with Crippen LogP contribution in [0.2, 0.25) is 0 Å². The monoisotopic (exact) mass is 362 g/mol. The molecule has 2 aromatic carbocycles. The van der Waals surface area contributed by atoms with Crippen LogP contribution in [0.15, 0.2) is 60.9 Å². The molecule has 3 rings (SSSR count). The molecule has 138 valence electrons. The second kappa shape index (κ2) is 8.80. The van der Waals surface area contributed by atoms with Crippen molar-refractivity contribution in [1.82, 2.24) is 15.3 Å². The van der Waals surface area contributed by atoms with Crippen LogP contribution < -0.4 is 15.4 Å². The van der Waals surface area contributed by atoms with E-state index in [1.165, 1.54) is 11.9 Å². The third kappa shape index (κ3) is 5.04. The SMILES string of the molecule is COc1ccccc1CNC(=O)c1cc(NCc2ccc(C)cc2)ncn1. The van der Waals surface area contributed by atoms with Gasteiger partial charge < -0.3 is 15.4 Å². The van der Waals surface area contributed by atoms with E-state index < -0.39 is 0 Å². The molecule has 1 heterocycles. The summed E-state index contributed by atoms with van der Waals surface area (Å²) in [5.41, 5.74) is 3.57. The molecule has 0 fully saturated rings. The molecule has 0 aliphatic rings. The van der Waals surface area contributed by atoms with Crippen molar-refractivity contribution in [2.24, 2.45) is 0 Å². The Labute approximate surface area is 158 Å². The van der Waals surface area contributed by atoms with Crippen molar-refractivity contribution in [2.75, 3.05) is 12.4 Å². The van der Waals surface area contributed by atoms with Gasteiger partial charge in [0, 0.05) is 24.7 Å². The molecular formula is C21H22N4O2. The van der Waals surface area contributed by atoms with E-state index in [0.29, 0.717) is 24.6 Å². The van der Waals surface area contributed by atoms with Crippen molar-refractivity contribution >= 4 is 11.7 Å². The average molecular weight is 362 g/mol. The molecule has 0 bridgehead atoms. The molecule has 0 unspecified atom stereocenters. The van der Waals surface area contributed by atoms with Crippen molar-refractivity contribution in [3.8, 4) is 5.75 Å². The number of rotatable bonds is 7. The molecule has 1 aromatic heterocycles. The largest absolute Gasteiger partial charge is 0.496 e. The lowest BCUT2D eigenvalue weighted by atomic mass is 10.1. The van der Waals surface area contributed by atoms with E-state index in [1.807, 2.05) is 24.3 Å². The minimum atomic E-state index is -0.262. The second-order valence-electron chi connectivity index (χ2n) is 6.12. The zero-order chi connectivity index (χ0) is 19.1. The van der Waals surface area contributed by atoms with Crippen LogP contribution in [0, 0.1) is 6.92 Å². The lowest BCUT2D eigenvalue weighted by Crippen LogP contribution is -2.24. The standard InChI is InChI=1S/C21H22N4O2/c1-15-7-9-16(10-8-15)12-22-20-11-18(24-14-25-20)21(26)23-13-17-5-3-4-6-19(17)27-2/h3-11,14H,12-13H2,1-2H3,(H,23,26)(H,22,24,25). The Hall–Kier alpha value is -3.41. The van der Waals surface area contributed by atoms with Crippen LogP contribution in [0.5, 0.6) is 5.75 Å². The number of benzene rings is 2. The van der Waals surface area contributed by atoms with Gasteiger partial charge in [0.25, 0.3) is 5.91 Å². The van der Waals surface area contributed by atoms with Crippen LogP contribution in [0.4, 0.5) is 5.82 Å². The Kier molecular flexibility index (Phi) is 5.99. The Morgan fingerprint density at radius 3 is 2.59 bits per heavy atom. The quantitative estimate of drug-likeness (QED) is 0.674. The number of nitrogens with one attached hydrogen (secondary N) is 2. The van der Waals surface area contributed by atoms with Crippen LogP contribution in [-0.2, 0) is 13.1 Å². The maximum Gasteiger partial charge on any atom is 0.270 e. The highest BCUT2D eigenvalue weighted by molar-refractivity contribution is 5.92. The highest BCUT2D eigenvalue weighted by Gasteiger charge is 2.10. The number of nitrogens with zero attached hydrogens (tertiary/aromatic N) is 2. The average Bonchev–Trinajstić information content (AvgIpc) is 2.72. The van der Waals surface area contributed by atoms with Gasteiger partial charge in [-0.25, -0.2) is 9.97 Å². The number of ether oxygens (including phenoxy) is 1. The first-order chi connectivity index (χ1) is 13.2. The third-order valence-corrected chi connectivity index (χ3v) is 4.13. The number of hydrogen-bond acceptors (Lipinski definition) is 5. The molecule has 0 radical (unpaired) electrons. The van der Waals surface area contributed by atoms with Crippen molar-refractivity contribution in [1.29, 1.82) is 0 Å². The first-order valence-corrected chi connectivity index (χ1v) is 8.67. The van der Waals surface area contributed by atoms with Crippen molar-refractivity contribution in [3.05, 3.63) is 83.3 Å². The lowest BCUT2D eigenvalue weighted by molar-refractivity contribution is 0.0945. The molecule has 27 heavy (non-hydrogen) atoms. The number of carbonyl (C=O) groups excluding carboxylic acids is 1. The van der Waals surface area contributed by atoms with Gasteiger partial charge in [-0.15, -0.1) is 0 Å². The van der Waals surface area contributed by atoms with E-state index >= 15 is 0 Å². The summed E-state index contributed by atoms with van der Waals surface area (Å²) in [6.45, 7) is 3.04. The Morgan fingerprint density at radius 1 is 1.04 bits per heavy atom. The van der Waals surface area contributed by atoms with E-state index in [2.05, 4.69) is 51.8 Å². The molecule has 0 aliphatic carbocycles. The van der Waals surface area contributed by atoms with Crippen LogP contribution in [0.3, 0.4) is 0 Å². The maximum atomic E-state index is 12.4. The molecule has 0 spiro atoms. The highest BCUT2D eigenvalue weighted by atomic mass is 16.5. The van der Waals surface area contributed by atoms with E-state index in [1.54, 1.807) is 13.2 Å². The predicted octanol–water partition coefficient (Wildman–Crippen LogP) is 3.34. The summed E-state index contributed by atoms with van der Waals surface area (Å²) in [5, 5.41) is 6.08. The minimum Gasteiger partial charge on any atom is -0.496 e. The summed E-state index contributed by atoms with van der Waals surface area (Å²) in [6.07, 6.45) is 1.38. The normalized spacial score (nSPS) is 10.3. The van der Waals surface area contributed by atoms with Crippen molar-refractivity contribution in [2.45, 2.75) is 20.0 Å². The highest BCUT2D eigenvalue weighted by Crippen LogP contribution is 2.17. The number of aryl methyl sites for hydroxylation is 1. The van der Waals surface area contributed by atoms with Crippen LogP contribution in [0.25, 0.3) is 0 Å². The Morgan fingerprint density at radius 2 is 1.81 bits per heavy atom. The summed E-state index contributed by atoms with van der Waals surface area (Å²) >= 11 is 0. The number of para-hydroxylation sites is 1. The Bertz CT molecular complexity index is 910. The number of carbonyl (C=O) groups is 1. The van der Waals surface area contributed by atoms with Gasteiger partial charge in [-0.2, -0.15) is 0 Å². The van der Waals surface area contributed by atoms with Gasteiger partial charge in [0.2, 0.25) is 0 Å². The van der Waals surface area contributed by atoms with E-state index in [4.69, 9.17) is 4.74 Å². The van der Waals surface area contributed by atoms with Gasteiger partial charge in [-0.1, -0.05) is 48.0 Å². The first kappa shape index (κ1) is 18.4. The summed E-state index contributed by atoms with van der Waals surface area (Å²) in [6, 6.07) is 17.5. The number of anilines is 1. The van der Waals surface area contributed by atoms with Gasteiger partial charge in [-0.3, -0.25) is 4.79 Å². The molecule has 6 heteroatoms. The van der Waals surface area contributed by atoms with Gasteiger partial charge in [-0.05, 0) is 18.6 Å². The number of aromatic nitrogens is 2. The molecule has 0 saturated heterocycles. The van der Waals surface area contributed by atoms with E-state index in [0.717, 1.165) is 16.9 Å².